The Kier molecular flexibility index (Phi) is 5.31. The van der Waals surface area contributed by atoms with Crippen LogP contribution in [0.15, 0.2) is 53.1 Å². The summed E-state index contributed by atoms with van der Waals surface area (Å²) in [5.41, 5.74) is 1.61. The molecule has 1 atom stereocenters. The first kappa shape index (κ1) is 19.1. The molecule has 1 amide bonds. The first-order chi connectivity index (χ1) is 14.0. The van der Waals surface area contributed by atoms with E-state index in [0.29, 0.717) is 35.1 Å². The molecule has 0 unspecified atom stereocenters. The number of hydrogen-bond donors (Lipinski definition) is 0. The molecule has 1 aliphatic rings. The van der Waals surface area contributed by atoms with Gasteiger partial charge in [-0.15, -0.1) is 0 Å². The highest BCUT2D eigenvalue weighted by Crippen LogP contribution is 2.31. The van der Waals surface area contributed by atoms with Crippen LogP contribution in [-0.2, 0) is 9.53 Å². The standard InChI is InChI=1S/C21H18ClN3O4/c1-13(20-23-19(24-29-20)14-6-3-2-4-7-14)28-21(27)15-9-10-16(22)17(12-15)25-11-5-8-18(25)26/h2-4,6-7,9-10,12-13H,5,8,11H2,1H3/t13-/m1/s1. The van der Waals surface area contributed by atoms with Crippen molar-refractivity contribution in [3.05, 3.63) is 65.0 Å². The third-order valence-corrected chi connectivity index (χ3v) is 4.97. The molecule has 0 spiro atoms. The molecular weight excluding hydrogens is 394 g/mol. The maximum atomic E-state index is 12.6. The van der Waals surface area contributed by atoms with Crippen molar-refractivity contribution < 1.29 is 18.8 Å². The molecular formula is C21H18ClN3O4. The van der Waals surface area contributed by atoms with Crippen molar-refractivity contribution in [2.24, 2.45) is 0 Å². The van der Waals surface area contributed by atoms with E-state index in [-0.39, 0.29) is 11.8 Å². The maximum Gasteiger partial charge on any atom is 0.338 e. The maximum absolute atomic E-state index is 12.6. The molecule has 3 aromatic rings. The van der Waals surface area contributed by atoms with Crippen LogP contribution >= 0.6 is 11.6 Å². The molecule has 1 aliphatic heterocycles. The van der Waals surface area contributed by atoms with Crippen LogP contribution in [0.1, 0.15) is 42.1 Å². The second-order valence-corrected chi connectivity index (χ2v) is 7.09. The Bertz CT molecular complexity index is 1050. The number of rotatable bonds is 5. The minimum atomic E-state index is -0.736. The van der Waals surface area contributed by atoms with Crippen molar-refractivity contribution in [2.75, 3.05) is 11.4 Å². The lowest BCUT2D eigenvalue weighted by Crippen LogP contribution is -2.24. The van der Waals surface area contributed by atoms with Crippen molar-refractivity contribution in [2.45, 2.75) is 25.9 Å². The highest BCUT2D eigenvalue weighted by Gasteiger charge is 2.26. The van der Waals surface area contributed by atoms with Crippen molar-refractivity contribution in [3.8, 4) is 11.4 Å². The van der Waals surface area contributed by atoms with Crippen LogP contribution in [0, 0.1) is 0 Å². The Labute approximate surface area is 172 Å². The van der Waals surface area contributed by atoms with E-state index in [2.05, 4.69) is 10.1 Å². The largest absolute Gasteiger partial charge is 0.449 e. The van der Waals surface area contributed by atoms with Gasteiger partial charge in [-0.25, -0.2) is 4.79 Å². The summed E-state index contributed by atoms with van der Waals surface area (Å²) in [5.74, 6) is 0.0394. The van der Waals surface area contributed by atoms with E-state index in [0.717, 1.165) is 12.0 Å². The fourth-order valence-corrected chi connectivity index (χ4v) is 3.35. The first-order valence-corrected chi connectivity index (χ1v) is 9.60. The van der Waals surface area contributed by atoms with Crippen LogP contribution < -0.4 is 4.90 Å². The number of benzene rings is 2. The van der Waals surface area contributed by atoms with Gasteiger partial charge in [-0.3, -0.25) is 4.79 Å². The minimum Gasteiger partial charge on any atom is -0.449 e. The molecule has 29 heavy (non-hydrogen) atoms. The normalized spacial score (nSPS) is 14.8. The predicted molar refractivity (Wildman–Crippen MR) is 107 cm³/mol. The quantitative estimate of drug-likeness (QED) is 0.577. The Hall–Kier alpha value is -3.19. The molecule has 2 aromatic carbocycles. The first-order valence-electron chi connectivity index (χ1n) is 9.23. The Balaban J connectivity index is 1.49. The van der Waals surface area contributed by atoms with Crippen LogP contribution in [0.25, 0.3) is 11.4 Å². The van der Waals surface area contributed by atoms with Gasteiger partial charge >= 0.3 is 5.97 Å². The lowest BCUT2D eigenvalue weighted by molar-refractivity contribution is -0.117. The molecule has 0 N–H and O–H groups in total. The number of anilines is 1. The molecule has 0 saturated carbocycles. The number of nitrogens with zero attached hydrogens (tertiary/aromatic N) is 3. The van der Waals surface area contributed by atoms with Gasteiger partial charge < -0.3 is 14.2 Å². The molecule has 148 valence electrons. The van der Waals surface area contributed by atoms with Gasteiger partial charge in [0.25, 0.3) is 5.89 Å². The fraction of sp³-hybridized carbons (Fsp3) is 0.238. The summed E-state index contributed by atoms with van der Waals surface area (Å²) in [6.45, 7) is 2.23. The molecule has 1 saturated heterocycles. The van der Waals surface area contributed by atoms with Crippen LogP contribution in [0.3, 0.4) is 0 Å². The average Bonchev–Trinajstić information content (AvgIpc) is 3.38. The molecule has 7 nitrogen and oxygen atoms in total. The van der Waals surface area contributed by atoms with Crippen molar-refractivity contribution in [1.82, 2.24) is 10.1 Å². The van der Waals surface area contributed by atoms with E-state index in [1.165, 1.54) is 0 Å². The lowest BCUT2D eigenvalue weighted by Gasteiger charge is -2.18. The highest BCUT2D eigenvalue weighted by molar-refractivity contribution is 6.34. The summed E-state index contributed by atoms with van der Waals surface area (Å²) >= 11 is 6.23. The third kappa shape index (κ3) is 4.00. The monoisotopic (exact) mass is 411 g/mol. The zero-order chi connectivity index (χ0) is 20.4. The van der Waals surface area contributed by atoms with E-state index in [4.69, 9.17) is 20.9 Å². The van der Waals surface area contributed by atoms with Crippen LogP contribution in [0.5, 0.6) is 0 Å². The topological polar surface area (TPSA) is 85.5 Å². The Morgan fingerprint density at radius 1 is 1.24 bits per heavy atom. The molecule has 8 heteroatoms. The smallest absolute Gasteiger partial charge is 0.338 e. The second kappa shape index (κ2) is 8.05. The van der Waals surface area contributed by atoms with Gasteiger partial charge in [-0.05, 0) is 31.5 Å². The van der Waals surface area contributed by atoms with Crippen molar-refractivity contribution in [1.29, 1.82) is 0 Å². The number of esters is 1. The molecule has 1 aromatic heterocycles. The molecule has 1 fully saturated rings. The van der Waals surface area contributed by atoms with E-state index in [1.807, 2.05) is 30.3 Å². The van der Waals surface area contributed by atoms with Gasteiger partial charge in [0.05, 0.1) is 16.3 Å². The van der Waals surface area contributed by atoms with E-state index >= 15 is 0 Å². The number of aromatic nitrogens is 2. The predicted octanol–water partition coefficient (Wildman–Crippen LogP) is 4.43. The van der Waals surface area contributed by atoms with Gasteiger partial charge in [0.15, 0.2) is 6.10 Å². The van der Waals surface area contributed by atoms with Crippen molar-refractivity contribution >= 4 is 29.2 Å². The summed E-state index contributed by atoms with van der Waals surface area (Å²) < 4.78 is 10.7. The van der Waals surface area contributed by atoms with E-state index < -0.39 is 12.1 Å². The van der Waals surface area contributed by atoms with E-state index in [9.17, 15) is 9.59 Å². The van der Waals surface area contributed by atoms with Crippen LogP contribution in [0.4, 0.5) is 5.69 Å². The molecule has 0 bridgehead atoms. The molecule has 2 heterocycles. The number of halogens is 1. The zero-order valence-corrected chi connectivity index (χ0v) is 16.4. The number of carbonyl (C=O) groups is 2. The average molecular weight is 412 g/mol. The lowest BCUT2D eigenvalue weighted by atomic mass is 10.2. The highest BCUT2D eigenvalue weighted by atomic mass is 35.5. The molecule has 0 aliphatic carbocycles. The molecule has 4 rings (SSSR count). The number of ether oxygens (including phenoxy) is 1. The summed E-state index contributed by atoms with van der Waals surface area (Å²) in [6, 6.07) is 14.1. The van der Waals surface area contributed by atoms with Gasteiger partial charge in [-0.1, -0.05) is 47.1 Å². The Morgan fingerprint density at radius 3 is 2.76 bits per heavy atom. The van der Waals surface area contributed by atoms with Gasteiger partial charge in [0, 0.05) is 18.5 Å². The van der Waals surface area contributed by atoms with E-state index in [1.54, 1.807) is 30.0 Å². The number of carbonyl (C=O) groups excluding carboxylic acids is 2. The Morgan fingerprint density at radius 2 is 2.03 bits per heavy atom. The zero-order valence-electron chi connectivity index (χ0n) is 15.7. The van der Waals surface area contributed by atoms with Gasteiger partial charge in [-0.2, -0.15) is 4.98 Å². The SMILES string of the molecule is C[C@@H](OC(=O)c1ccc(Cl)c(N2CCCC2=O)c1)c1nc(-c2ccccc2)no1. The summed E-state index contributed by atoms with van der Waals surface area (Å²) in [4.78, 5) is 30.5. The van der Waals surface area contributed by atoms with Gasteiger partial charge in [0.1, 0.15) is 0 Å². The summed E-state index contributed by atoms with van der Waals surface area (Å²) in [5, 5.41) is 4.35. The molecule has 0 radical (unpaired) electrons. The number of hydrogen-bond acceptors (Lipinski definition) is 6. The fourth-order valence-electron chi connectivity index (χ4n) is 3.13. The number of amides is 1. The summed E-state index contributed by atoms with van der Waals surface area (Å²) in [7, 11) is 0. The van der Waals surface area contributed by atoms with Crippen molar-refractivity contribution in [3.63, 3.8) is 0 Å². The van der Waals surface area contributed by atoms with Crippen LogP contribution in [-0.4, -0.2) is 28.6 Å². The third-order valence-electron chi connectivity index (χ3n) is 4.65. The van der Waals surface area contributed by atoms with Gasteiger partial charge in [0.2, 0.25) is 11.7 Å². The second-order valence-electron chi connectivity index (χ2n) is 6.68. The van der Waals surface area contributed by atoms with Crippen LogP contribution in [0.2, 0.25) is 5.02 Å². The minimum absolute atomic E-state index is 0.00918. The summed E-state index contributed by atoms with van der Waals surface area (Å²) in [6.07, 6.45) is 0.505.